The van der Waals surface area contributed by atoms with Gasteiger partial charge in [-0.25, -0.2) is 4.39 Å². The maximum absolute atomic E-state index is 13.9. The summed E-state index contributed by atoms with van der Waals surface area (Å²) in [7, 11) is 1.57. The molecule has 0 aliphatic rings. The van der Waals surface area contributed by atoms with E-state index in [1.165, 1.54) is 18.2 Å². The van der Waals surface area contributed by atoms with Crippen molar-refractivity contribution < 1.29 is 17.9 Å². The van der Waals surface area contributed by atoms with Gasteiger partial charge in [-0.15, -0.1) is 24.0 Å². The summed E-state index contributed by atoms with van der Waals surface area (Å²) in [5, 5.41) is 5.98. The number of halogens is 4. The summed E-state index contributed by atoms with van der Waals surface area (Å²) in [4.78, 5) is 4.04. The molecule has 0 spiro atoms. The molecule has 0 amide bonds. The standard InChI is InChI=1S/C18H20F3N3O.HI/c1-12-6-8-13(9-7-12)10-23-18(22-2)24-11-14-15(19)4-3-5-16(14)25-17(20)21;/h3-9,17H,10-11H2,1-2H3,(H2,22,23,24);1H. The van der Waals surface area contributed by atoms with E-state index in [1.54, 1.807) is 7.05 Å². The fourth-order valence-electron chi connectivity index (χ4n) is 2.20. The average molecular weight is 479 g/mol. The third kappa shape index (κ3) is 6.74. The predicted octanol–water partition coefficient (Wildman–Crippen LogP) is 4.22. The summed E-state index contributed by atoms with van der Waals surface area (Å²) in [5.74, 6) is -0.400. The average Bonchev–Trinajstić information content (AvgIpc) is 2.58. The second-order valence-corrected chi connectivity index (χ2v) is 5.36. The fourth-order valence-corrected chi connectivity index (χ4v) is 2.20. The van der Waals surface area contributed by atoms with Crippen LogP contribution >= 0.6 is 24.0 Å². The molecule has 0 saturated heterocycles. The van der Waals surface area contributed by atoms with Gasteiger partial charge in [0.1, 0.15) is 11.6 Å². The Morgan fingerprint density at radius 3 is 2.35 bits per heavy atom. The Morgan fingerprint density at radius 2 is 1.73 bits per heavy atom. The van der Waals surface area contributed by atoms with Crippen LogP contribution in [0.15, 0.2) is 47.5 Å². The van der Waals surface area contributed by atoms with E-state index in [1.807, 2.05) is 31.2 Å². The topological polar surface area (TPSA) is 45.7 Å². The van der Waals surface area contributed by atoms with E-state index >= 15 is 0 Å². The predicted molar refractivity (Wildman–Crippen MR) is 107 cm³/mol. The van der Waals surface area contributed by atoms with Gasteiger partial charge < -0.3 is 15.4 Å². The molecule has 2 N–H and O–H groups in total. The molecule has 0 aliphatic carbocycles. The lowest BCUT2D eigenvalue weighted by atomic mass is 10.1. The van der Waals surface area contributed by atoms with Crippen LogP contribution in [0, 0.1) is 12.7 Å². The van der Waals surface area contributed by atoms with Crippen molar-refractivity contribution in [2.75, 3.05) is 7.05 Å². The zero-order valence-corrected chi connectivity index (χ0v) is 16.8. The third-order valence-corrected chi connectivity index (χ3v) is 3.53. The molecule has 0 saturated carbocycles. The van der Waals surface area contributed by atoms with E-state index < -0.39 is 12.4 Å². The summed E-state index contributed by atoms with van der Waals surface area (Å²) < 4.78 is 43.1. The highest BCUT2D eigenvalue weighted by molar-refractivity contribution is 14.0. The number of guanidine groups is 1. The lowest BCUT2D eigenvalue weighted by Crippen LogP contribution is -2.36. The summed E-state index contributed by atoms with van der Waals surface area (Å²) in [5.41, 5.74) is 2.24. The van der Waals surface area contributed by atoms with Gasteiger partial charge in [0.2, 0.25) is 0 Å². The molecular formula is C18H21F3IN3O. The van der Waals surface area contributed by atoms with Crippen molar-refractivity contribution in [3.63, 3.8) is 0 Å². The zero-order chi connectivity index (χ0) is 18.2. The number of ether oxygens (including phenoxy) is 1. The molecule has 0 radical (unpaired) electrons. The minimum Gasteiger partial charge on any atom is -0.434 e. The van der Waals surface area contributed by atoms with Crippen molar-refractivity contribution >= 4 is 29.9 Å². The highest BCUT2D eigenvalue weighted by Crippen LogP contribution is 2.23. The van der Waals surface area contributed by atoms with Gasteiger partial charge in [-0.1, -0.05) is 35.9 Å². The van der Waals surface area contributed by atoms with Crippen LogP contribution in [0.5, 0.6) is 5.75 Å². The number of rotatable bonds is 6. The first-order chi connectivity index (χ1) is 12.0. The van der Waals surface area contributed by atoms with E-state index in [0.29, 0.717) is 12.5 Å². The monoisotopic (exact) mass is 479 g/mol. The van der Waals surface area contributed by atoms with Gasteiger partial charge in [0.25, 0.3) is 0 Å². The minimum atomic E-state index is -3.01. The van der Waals surface area contributed by atoms with E-state index in [4.69, 9.17) is 0 Å². The number of aryl methyl sites for hydroxylation is 1. The molecule has 8 heteroatoms. The van der Waals surface area contributed by atoms with Crippen molar-refractivity contribution in [1.29, 1.82) is 0 Å². The van der Waals surface area contributed by atoms with Gasteiger partial charge in [-0.3, -0.25) is 4.99 Å². The Bertz CT molecular complexity index is 724. The largest absolute Gasteiger partial charge is 0.434 e. The van der Waals surface area contributed by atoms with Gasteiger partial charge >= 0.3 is 6.61 Å². The van der Waals surface area contributed by atoms with Crippen molar-refractivity contribution in [3.8, 4) is 5.75 Å². The number of hydrogen-bond donors (Lipinski definition) is 2. The van der Waals surface area contributed by atoms with Gasteiger partial charge in [0.05, 0.1) is 0 Å². The van der Waals surface area contributed by atoms with Crippen LogP contribution in [0.3, 0.4) is 0 Å². The van der Waals surface area contributed by atoms with Crippen LogP contribution in [0.2, 0.25) is 0 Å². The van der Waals surface area contributed by atoms with Gasteiger partial charge in [-0.05, 0) is 24.6 Å². The highest BCUT2D eigenvalue weighted by atomic mass is 127. The van der Waals surface area contributed by atoms with E-state index in [2.05, 4.69) is 20.4 Å². The number of hydrogen-bond acceptors (Lipinski definition) is 2. The molecule has 0 atom stereocenters. The molecule has 2 aromatic carbocycles. The summed E-state index contributed by atoms with van der Waals surface area (Å²) >= 11 is 0. The molecule has 0 aliphatic heterocycles. The Hall–Kier alpha value is -1.97. The van der Waals surface area contributed by atoms with Crippen LogP contribution in [-0.2, 0) is 13.1 Å². The Labute approximate surface area is 167 Å². The van der Waals surface area contributed by atoms with Crippen LogP contribution in [0.1, 0.15) is 16.7 Å². The van der Waals surface area contributed by atoms with E-state index in [9.17, 15) is 13.2 Å². The summed E-state index contributed by atoms with van der Waals surface area (Å²) in [6, 6.07) is 11.8. The van der Waals surface area contributed by atoms with Gasteiger partial charge in [-0.2, -0.15) is 8.78 Å². The summed E-state index contributed by atoms with van der Waals surface area (Å²) in [6.07, 6.45) is 0. The second-order valence-electron chi connectivity index (χ2n) is 5.36. The number of nitrogens with one attached hydrogen (secondary N) is 2. The maximum Gasteiger partial charge on any atom is 0.387 e. The second kappa shape index (κ2) is 10.9. The first-order valence-corrected chi connectivity index (χ1v) is 7.72. The van der Waals surface area contributed by atoms with Crippen LogP contribution < -0.4 is 15.4 Å². The molecule has 4 nitrogen and oxygen atoms in total. The van der Waals surface area contributed by atoms with Crippen LogP contribution in [0.25, 0.3) is 0 Å². The van der Waals surface area contributed by atoms with Crippen molar-refractivity contribution in [2.45, 2.75) is 26.6 Å². The minimum absolute atomic E-state index is 0. The Kier molecular flexibility index (Phi) is 9.25. The van der Waals surface area contributed by atoms with E-state index in [0.717, 1.165) is 11.1 Å². The first kappa shape index (κ1) is 22.1. The third-order valence-electron chi connectivity index (χ3n) is 3.53. The lowest BCUT2D eigenvalue weighted by Gasteiger charge is -2.15. The van der Waals surface area contributed by atoms with Crippen molar-refractivity contribution in [2.24, 2.45) is 4.99 Å². The normalized spacial score (nSPS) is 11.1. The van der Waals surface area contributed by atoms with Gasteiger partial charge in [0.15, 0.2) is 5.96 Å². The smallest absolute Gasteiger partial charge is 0.387 e. The zero-order valence-electron chi connectivity index (χ0n) is 14.4. The Balaban J connectivity index is 0.00000338. The molecule has 0 bridgehead atoms. The molecule has 0 unspecified atom stereocenters. The van der Waals surface area contributed by atoms with Crippen molar-refractivity contribution in [3.05, 3.63) is 65.0 Å². The fraction of sp³-hybridized carbons (Fsp3) is 0.278. The number of nitrogens with zero attached hydrogens (tertiary/aromatic N) is 1. The first-order valence-electron chi connectivity index (χ1n) is 7.72. The molecule has 2 rings (SSSR count). The van der Waals surface area contributed by atoms with Crippen LogP contribution in [-0.4, -0.2) is 19.6 Å². The number of aliphatic imine (C=N–C) groups is 1. The maximum atomic E-state index is 13.9. The molecular weight excluding hydrogens is 458 g/mol. The molecule has 0 heterocycles. The quantitative estimate of drug-likeness (QED) is 0.371. The van der Waals surface area contributed by atoms with Gasteiger partial charge in [0, 0.05) is 25.7 Å². The Morgan fingerprint density at radius 1 is 1.08 bits per heavy atom. The number of alkyl halides is 2. The molecule has 0 fully saturated rings. The molecule has 2 aromatic rings. The number of benzene rings is 2. The van der Waals surface area contributed by atoms with Crippen LogP contribution in [0.4, 0.5) is 13.2 Å². The summed E-state index contributed by atoms with van der Waals surface area (Å²) in [6.45, 7) is -0.523. The molecule has 142 valence electrons. The molecule has 26 heavy (non-hydrogen) atoms. The van der Waals surface area contributed by atoms with Crippen molar-refractivity contribution in [1.82, 2.24) is 10.6 Å². The molecule has 0 aromatic heterocycles. The lowest BCUT2D eigenvalue weighted by molar-refractivity contribution is -0.0506. The van der Waals surface area contributed by atoms with E-state index in [-0.39, 0.29) is 41.8 Å². The SMILES string of the molecule is CN=C(NCc1ccc(C)cc1)NCc1c(F)cccc1OC(F)F.I. The highest BCUT2D eigenvalue weighted by Gasteiger charge is 2.14.